The number of hydrogen-bond donors (Lipinski definition) is 1. The minimum absolute atomic E-state index is 0.228. The van der Waals surface area contributed by atoms with Crippen molar-refractivity contribution in [1.29, 1.82) is 0 Å². The Balaban J connectivity index is 1.77. The topological polar surface area (TPSA) is 59.0 Å². The fraction of sp³-hybridized carbons (Fsp3) is 0.591. The SMILES string of the molecule is CC(=O)[C@]1(O)C=C[C@H]2[C@H]3Cc4ccc(O[Si](C)(C)C)c5c4[C@@]2(CCN3C)[C@H]1O5. The number of aliphatic hydroxyl groups is 1. The van der Waals surface area contributed by atoms with E-state index >= 15 is 0 Å². The molecule has 2 aliphatic carbocycles. The maximum Gasteiger partial charge on any atom is 0.242 e. The number of carbonyl (C=O) groups is 1. The lowest BCUT2D eigenvalue weighted by Crippen LogP contribution is -2.69. The Morgan fingerprint density at radius 1 is 1.36 bits per heavy atom. The number of likely N-dealkylation sites (N-methyl/N-ethyl adjacent to an activating group) is 1. The summed E-state index contributed by atoms with van der Waals surface area (Å²) in [7, 11) is 0.335. The monoisotopic (exact) mass is 399 g/mol. The van der Waals surface area contributed by atoms with Crippen LogP contribution in [0.15, 0.2) is 24.3 Å². The van der Waals surface area contributed by atoms with E-state index in [-0.39, 0.29) is 17.1 Å². The van der Waals surface area contributed by atoms with Gasteiger partial charge in [-0.3, -0.25) is 4.79 Å². The summed E-state index contributed by atoms with van der Waals surface area (Å²) >= 11 is 0. The molecule has 2 aliphatic heterocycles. The minimum atomic E-state index is -1.84. The number of carbonyl (C=O) groups excluding carboxylic acids is 1. The predicted molar refractivity (Wildman–Crippen MR) is 110 cm³/mol. The van der Waals surface area contributed by atoms with Crippen LogP contribution in [-0.2, 0) is 16.6 Å². The second-order valence-electron chi connectivity index (χ2n) is 9.95. The average molecular weight is 400 g/mol. The molecule has 2 heterocycles. The molecule has 1 aromatic carbocycles. The van der Waals surface area contributed by atoms with Crippen molar-refractivity contribution in [3.63, 3.8) is 0 Å². The maximum absolute atomic E-state index is 12.5. The molecule has 0 amide bonds. The van der Waals surface area contributed by atoms with Crippen LogP contribution in [0.2, 0.25) is 19.6 Å². The number of ether oxygens (including phenoxy) is 1. The zero-order valence-corrected chi connectivity index (χ0v) is 18.3. The summed E-state index contributed by atoms with van der Waals surface area (Å²) in [4.78, 5) is 15.0. The number of Topliss-reactive ketones (excluding diaryl/α,β-unsaturated/α-hetero) is 1. The van der Waals surface area contributed by atoms with Gasteiger partial charge in [0, 0.05) is 22.9 Å². The lowest BCUT2D eigenvalue weighted by Gasteiger charge is -2.58. The van der Waals surface area contributed by atoms with E-state index in [0.717, 1.165) is 30.9 Å². The zero-order valence-electron chi connectivity index (χ0n) is 17.3. The standard InChI is InChI=1S/C22H29NO4Si/c1-13(24)22(25)9-8-15-16-12-14-6-7-17(27-28(3,4)5)19-18(14)21(15,20(22)26-19)10-11-23(16)2/h6-9,15-16,20,25H,10-12H2,1-5H3/t15-,16+,20+,21-,22+/m0/s1. The highest BCUT2D eigenvalue weighted by Crippen LogP contribution is 2.64. The second-order valence-corrected chi connectivity index (χ2v) is 14.4. The molecule has 0 unspecified atom stereocenters. The first-order valence-electron chi connectivity index (χ1n) is 10.2. The molecule has 1 saturated heterocycles. The van der Waals surface area contributed by atoms with Gasteiger partial charge in [0.2, 0.25) is 8.32 Å². The first kappa shape index (κ1) is 18.4. The van der Waals surface area contributed by atoms with Crippen molar-refractivity contribution in [2.75, 3.05) is 13.6 Å². The number of piperidine rings is 1. The number of ketones is 1. The van der Waals surface area contributed by atoms with Gasteiger partial charge in [0.1, 0.15) is 11.9 Å². The molecule has 150 valence electrons. The molecule has 4 aliphatic rings. The number of benzene rings is 1. The first-order valence-corrected chi connectivity index (χ1v) is 13.6. The summed E-state index contributed by atoms with van der Waals surface area (Å²) in [5.41, 5.74) is 0.496. The van der Waals surface area contributed by atoms with E-state index in [0.29, 0.717) is 6.04 Å². The van der Waals surface area contributed by atoms with Gasteiger partial charge in [0.25, 0.3) is 0 Å². The molecule has 6 heteroatoms. The average Bonchev–Trinajstić information content (AvgIpc) is 2.96. The normalized spacial score (nSPS) is 38.0. The Kier molecular flexibility index (Phi) is 3.61. The largest absolute Gasteiger partial charge is 0.542 e. The Morgan fingerprint density at radius 3 is 2.79 bits per heavy atom. The molecule has 1 aromatic rings. The minimum Gasteiger partial charge on any atom is -0.542 e. The molecular formula is C22H29NO4Si. The first-order chi connectivity index (χ1) is 13.1. The molecule has 5 rings (SSSR count). The van der Waals surface area contributed by atoms with Gasteiger partial charge in [0.15, 0.2) is 17.1 Å². The molecule has 0 radical (unpaired) electrons. The molecule has 2 bridgehead atoms. The van der Waals surface area contributed by atoms with Gasteiger partial charge in [-0.1, -0.05) is 12.1 Å². The van der Waals surface area contributed by atoms with Crippen LogP contribution in [-0.4, -0.2) is 55.4 Å². The van der Waals surface area contributed by atoms with Crippen LogP contribution in [0.5, 0.6) is 11.5 Å². The third-order valence-corrected chi connectivity index (χ3v) is 8.03. The summed E-state index contributed by atoms with van der Waals surface area (Å²) in [5.74, 6) is 1.50. The molecule has 1 spiro atoms. The highest BCUT2D eigenvalue weighted by molar-refractivity contribution is 6.70. The quantitative estimate of drug-likeness (QED) is 0.626. The van der Waals surface area contributed by atoms with Crippen LogP contribution >= 0.6 is 0 Å². The highest BCUT2D eigenvalue weighted by atomic mass is 28.4. The fourth-order valence-electron chi connectivity index (χ4n) is 6.01. The third-order valence-electron chi connectivity index (χ3n) is 7.20. The van der Waals surface area contributed by atoms with Crippen LogP contribution < -0.4 is 9.16 Å². The van der Waals surface area contributed by atoms with Crippen LogP contribution in [0, 0.1) is 5.92 Å². The smallest absolute Gasteiger partial charge is 0.242 e. The van der Waals surface area contributed by atoms with Gasteiger partial charge in [-0.25, -0.2) is 0 Å². The lowest BCUT2D eigenvalue weighted by atomic mass is 9.51. The van der Waals surface area contributed by atoms with Gasteiger partial charge in [-0.05, 0) is 70.7 Å². The summed E-state index contributed by atoms with van der Waals surface area (Å²) in [6.45, 7) is 8.86. The number of rotatable bonds is 3. The van der Waals surface area contributed by atoms with Crippen molar-refractivity contribution in [1.82, 2.24) is 4.90 Å². The molecule has 1 fully saturated rings. The van der Waals surface area contributed by atoms with Gasteiger partial charge in [-0.2, -0.15) is 0 Å². The van der Waals surface area contributed by atoms with Crippen LogP contribution in [0.25, 0.3) is 0 Å². The molecule has 28 heavy (non-hydrogen) atoms. The second kappa shape index (κ2) is 5.49. The van der Waals surface area contributed by atoms with E-state index in [1.165, 1.54) is 18.1 Å². The van der Waals surface area contributed by atoms with E-state index in [4.69, 9.17) is 9.16 Å². The third kappa shape index (κ3) is 2.17. The molecule has 1 N–H and O–H groups in total. The number of likely N-dealkylation sites (tertiary alicyclic amines) is 1. The molecule has 0 aromatic heterocycles. The Hall–Kier alpha value is -1.63. The fourth-order valence-corrected chi connectivity index (χ4v) is 6.83. The van der Waals surface area contributed by atoms with Crippen molar-refractivity contribution in [3.8, 4) is 11.5 Å². The molecule has 5 atom stereocenters. The Labute approximate surface area is 167 Å². The summed E-state index contributed by atoms with van der Waals surface area (Å²) in [5, 5.41) is 11.4. The van der Waals surface area contributed by atoms with Crippen molar-refractivity contribution in [2.24, 2.45) is 5.92 Å². The summed E-state index contributed by atoms with van der Waals surface area (Å²) < 4.78 is 12.9. The van der Waals surface area contributed by atoms with E-state index in [1.807, 2.05) is 6.07 Å². The van der Waals surface area contributed by atoms with E-state index in [1.54, 1.807) is 6.08 Å². The highest BCUT2D eigenvalue weighted by Gasteiger charge is 2.68. The van der Waals surface area contributed by atoms with Gasteiger partial charge < -0.3 is 19.2 Å². The van der Waals surface area contributed by atoms with Gasteiger partial charge >= 0.3 is 0 Å². The number of nitrogens with zero attached hydrogens (tertiary/aromatic N) is 1. The maximum atomic E-state index is 12.5. The van der Waals surface area contributed by atoms with E-state index in [2.05, 4.69) is 43.7 Å². The van der Waals surface area contributed by atoms with Gasteiger partial charge in [-0.15, -0.1) is 0 Å². The summed E-state index contributed by atoms with van der Waals surface area (Å²) in [6, 6.07) is 4.56. The van der Waals surface area contributed by atoms with Crippen molar-refractivity contribution in [2.45, 2.75) is 62.6 Å². The van der Waals surface area contributed by atoms with Gasteiger partial charge in [0.05, 0.1) is 0 Å². The Morgan fingerprint density at radius 2 is 2.11 bits per heavy atom. The van der Waals surface area contributed by atoms with Crippen molar-refractivity contribution >= 4 is 14.1 Å². The molecule has 5 nitrogen and oxygen atoms in total. The van der Waals surface area contributed by atoms with Crippen molar-refractivity contribution in [3.05, 3.63) is 35.4 Å². The predicted octanol–water partition coefficient (Wildman–Crippen LogP) is 2.67. The van der Waals surface area contributed by atoms with Crippen LogP contribution in [0.1, 0.15) is 24.5 Å². The van der Waals surface area contributed by atoms with E-state index in [9.17, 15) is 9.90 Å². The molecule has 0 saturated carbocycles. The lowest BCUT2D eigenvalue weighted by molar-refractivity contribution is -0.148. The van der Waals surface area contributed by atoms with E-state index < -0.39 is 20.0 Å². The zero-order chi connectivity index (χ0) is 20.1. The van der Waals surface area contributed by atoms with Crippen LogP contribution in [0.4, 0.5) is 0 Å². The van der Waals surface area contributed by atoms with Crippen LogP contribution in [0.3, 0.4) is 0 Å². The summed E-state index contributed by atoms with van der Waals surface area (Å²) in [6.07, 6.45) is 5.02. The molecular weight excluding hydrogens is 370 g/mol. The Bertz CT molecular complexity index is 907. The van der Waals surface area contributed by atoms with Crippen molar-refractivity contribution < 1.29 is 19.1 Å². The number of hydrogen-bond acceptors (Lipinski definition) is 5.